The van der Waals surface area contributed by atoms with E-state index in [1.54, 1.807) is 47.1 Å². The molecule has 50 heavy (non-hydrogen) atoms. The van der Waals surface area contributed by atoms with Crippen LogP contribution in [0.1, 0.15) is 17.4 Å². The first kappa shape index (κ1) is 36.9. The topological polar surface area (TPSA) is 171 Å². The standard InChI is InChI=1S/C33H32FN5O9S.Na/c1-2-38-23-13-24(37-10-8-36(18-40)9-11-37)22(34)12-21(23)26(41)14-25(38)33(46)48-15-19-17-49-31-28(30(43)39(31)29(19)32(44)45)35-27(42)16-47-20-6-4-3-5-7-20;/h3-7,12-14,18,28,31H,2,8-11,15-17H2,1H3,(H,35,42)(H,44,45);/q;+1/p-1/t28-,31-;/m1./s1. The second-order valence-corrected chi connectivity index (χ2v) is 12.6. The number of esters is 1. The van der Waals surface area contributed by atoms with Gasteiger partial charge in [-0.3, -0.25) is 24.1 Å². The Balaban J connectivity index is 0.00000486. The third-order valence-electron chi connectivity index (χ3n) is 8.56. The number of pyridine rings is 1. The minimum Gasteiger partial charge on any atom is -0.543 e. The summed E-state index contributed by atoms with van der Waals surface area (Å²) in [4.78, 5) is 79.6. The monoisotopic (exact) mass is 715 g/mol. The molecular weight excluding hydrogens is 684 g/mol. The van der Waals surface area contributed by atoms with Crippen molar-refractivity contribution < 1.29 is 72.5 Å². The van der Waals surface area contributed by atoms with Crippen molar-refractivity contribution in [3.63, 3.8) is 0 Å². The number of aromatic nitrogens is 1. The van der Waals surface area contributed by atoms with Gasteiger partial charge in [0.25, 0.3) is 11.8 Å². The number of piperazine rings is 1. The molecule has 0 bridgehead atoms. The van der Waals surface area contributed by atoms with E-state index >= 15 is 4.39 Å². The maximum absolute atomic E-state index is 15.2. The Bertz CT molecular complexity index is 1930. The molecule has 0 saturated carbocycles. The molecule has 2 fully saturated rings. The third-order valence-corrected chi connectivity index (χ3v) is 9.90. The van der Waals surface area contributed by atoms with Crippen LogP contribution in [0, 0.1) is 5.82 Å². The van der Waals surface area contributed by atoms with Crippen molar-refractivity contribution in [1.82, 2.24) is 19.7 Å². The molecule has 256 valence electrons. The van der Waals surface area contributed by atoms with Crippen molar-refractivity contribution in [3.8, 4) is 5.75 Å². The molecule has 0 unspecified atom stereocenters. The third kappa shape index (κ3) is 7.24. The Morgan fingerprint density at radius 3 is 2.46 bits per heavy atom. The fraction of sp³-hybridized carbons (Fsp3) is 0.333. The summed E-state index contributed by atoms with van der Waals surface area (Å²) >= 11 is 1.18. The number of hydrogen-bond donors (Lipinski definition) is 1. The van der Waals surface area contributed by atoms with E-state index in [9.17, 15) is 33.9 Å². The van der Waals surface area contributed by atoms with E-state index in [1.807, 2.05) is 0 Å². The van der Waals surface area contributed by atoms with Crippen LogP contribution in [0.3, 0.4) is 0 Å². The molecule has 1 N–H and O–H groups in total. The smallest absolute Gasteiger partial charge is 0.543 e. The van der Waals surface area contributed by atoms with Crippen molar-refractivity contribution >= 4 is 58.5 Å². The number of anilines is 1. The second-order valence-electron chi connectivity index (χ2n) is 11.5. The molecule has 0 aliphatic carbocycles. The van der Waals surface area contributed by atoms with Crippen LogP contribution in [0.4, 0.5) is 10.1 Å². The average Bonchev–Trinajstić information content (AvgIpc) is 3.11. The first-order valence-electron chi connectivity index (χ1n) is 15.4. The van der Waals surface area contributed by atoms with Gasteiger partial charge in [0.05, 0.1) is 22.9 Å². The van der Waals surface area contributed by atoms with E-state index in [-0.39, 0.29) is 70.8 Å². The number of thioether (sulfide) groups is 1. The number of para-hydroxylation sites is 1. The second kappa shape index (κ2) is 15.7. The van der Waals surface area contributed by atoms with Crippen molar-refractivity contribution in [2.45, 2.75) is 24.9 Å². The van der Waals surface area contributed by atoms with Crippen molar-refractivity contribution in [2.75, 3.05) is 50.0 Å². The number of amides is 3. The van der Waals surface area contributed by atoms with E-state index in [0.29, 0.717) is 37.4 Å². The van der Waals surface area contributed by atoms with Crippen molar-refractivity contribution in [1.29, 1.82) is 0 Å². The fourth-order valence-electron chi connectivity index (χ4n) is 6.09. The number of benzene rings is 2. The van der Waals surface area contributed by atoms with Gasteiger partial charge in [-0.2, -0.15) is 0 Å². The number of nitrogens with one attached hydrogen (secondary N) is 1. The van der Waals surface area contributed by atoms with Gasteiger partial charge < -0.3 is 39.1 Å². The number of carbonyl (C=O) groups excluding carboxylic acids is 5. The van der Waals surface area contributed by atoms with Gasteiger partial charge in [0.15, 0.2) is 12.0 Å². The molecule has 1 aromatic heterocycles. The number of hydrogen-bond acceptors (Lipinski definition) is 11. The molecule has 3 aliphatic rings. The van der Waals surface area contributed by atoms with E-state index < -0.39 is 58.7 Å². The molecule has 4 heterocycles. The first-order valence-corrected chi connectivity index (χ1v) is 16.5. The van der Waals surface area contributed by atoms with Gasteiger partial charge in [0.2, 0.25) is 6.41 Å². The maximum atomic E-state index is 15.2. The van der Waals surface area contributed by atoms with E-state index in [1.165, 1.54) is 22.4 Å². The van der Waals surface area contributed by atoms with Gasteiger partial charge in [-0.1, -0.05) is 18.2 Å². The van der Waals surface area contributed by atoms with Crippen LogP contribution in [0.5, 0.6) is 5.75 Å². The van der Waals surface area contributed by atoms with Gasteiger partial charge >= 0.3 is 35.5 Å². The molecule has 3 amide bonds. The van der Waals surface area contributed by atoms with E-state index in [4.69, 9.17) is 9.47 Å². The van der Waals surface area contributed by atoms with Gasteiger partial charge in [0, 0.05) is 55.5 Å². The molecule has 2 aromatic carbocycles. The Kier molecular flexibility index (Phi) is 11.6. The first-order chi connectivity index (χ1) is 23.6. The predicted octanol–water partition coefficient (Wildman–Crippen LogP) is -2.92. The number of ether oxygens (including phenoxy) is 2. The van der Waals surface area contributed by atoms with Crippen LogP contribution in [0.15, 0.2) is 64.6 Å². The molecule has 2 saturated heterocycles. The van der Waals surface area contributed by atoms with Gasteiger partial charge in [-0.05, 0) is 31.2 Å². The van der Waals surface area contributed by atoms with Crippen molar-refractivity contribution in [3.05, 3.63) is 81.5 Å². The van der Waals surface area contributed by atoms with Crippen molar-refractivity contribution in [2.24, 2.45) is 0 Å². The van der Waals surface area contributed by atoms with Crippen LogP contribution in [0.25, 0.3) is 10.9 Å². The zero-order valence-electron chi connectivity index (χ0n) is 27.3. The number of nitrogens with zero attached hydrogens (tertiary/aromatic N) is 4. The number of aliphatic carboxylic acids is 1. The summed E-state index contributed by atoms with van der Waals surface area (Å²) in [5, 5.41) is 14.1. The Morgan fingerprint density at radius 2 is 1.80 bits per heavy atom. The molecule has 17 heteroatoms. The van der Waals surface area contributed by atoms with Gasteiger partial charge in [0.1, 0.15) is 35.3 Å². The predicted molar refractivity (Wildman–Crippen MR) is 173 cm³/mol. The van der Waals surface area contributed by atoms with E-state index in [2.05, 4.69) is 5.32 Å². The number of rotatable bonds is 11. The zero-order valence-corrected chi connectivity index (χ0v) is 30.1. The molecule has 6 rings (SSSR count). The molecule has 3 aromatic rings. The minimum atomic E-state index is -1.65. The number of carbonyl (C=O) groups is 5. The largest absolute Gasteiger partial charge is 1.00 e. The van der Waals surface area contributed by atoms with Gasteiger partial charge in [-0.15, -0.1) is 11.8 Å². The number of carboxylic acid groups (broad SMARTS) is 1. The number of fused-ring (bicyclic) bond motifs is 2. The zero-order chi connectivity index (χ0) is 34.8. The van der Waals surface area contributed by atoms with Gasteiger partial charge in [-0.25, -0.2) is 9.18 Å². The van der Waals surface area contributed by atoms with Crippen LogP contribution in [-0.4, -0.2) is 101 Å². The van der Waals surface area contributed by atoms with Crippen LogP contribution in [0.2, 0.25) is 0 Å². The summed E-state index contributed by atoms with van der Waals surface area (Å²) in [6.07, 6.45) is 0.736. The maximum Gasteiger partial charge on any atom is 1.00 e. The number of aryl methyl sites for hydroxylation is 1. The summed E-state index contributed by atoms with van der Waals surface area (Å²) in [5.41, 5.74) is -0.558. The molecular formula is C33H31FN5NaO9S. The molecule has 14 nitrogen and oxygen atoms in total. The Morgan fingerprint density at radius 1 is 1.08 bits per heavy atom. The Labute approximate surface area is 311 Å². The summed E-state index contributed by atoms with van der Waals surface area (Å²) in [6.45, 7) is 2.65. The summed E-state index contributed by atoms with van der Waals surface area (Å²) in [6, 6.07) is 11.3. The summed E-state index contributed by atoms with van der Waals surface area (Å²) in [5.74, 6) is -3.90. The molecule has 0 spiro atoms. The minimum absolute atomic E-state index is 0. The fourth-order valence-corrected chi connectivity index (χ4v) is 7.42. The summed E-state index contributed by atoms with van der Waals surface area (Å²) in [7, 11) is 0. The van der Waals surface area contributed by atoms with Crippen LogP contribution < -0.4 is 55.0 Å². The Hall–Kier alpha value is -4.38. The van der Waals surface area contributed by atoms with Crippen LogP contribution in [-0.2, 0) is 30.5 Å². The van der Waals surface area contributed by atoms with E-state index in [0.717, 1.165) is 23.4 Å². The summed E-state index contributed by atoms with van der Waals surface area (Å²) < 4.78 is 27.6. The average molecular weight is 716 g/mol. The number of β-lactam (4-membered cyclic amide) rings is 1. The normalized spacial score (nSPS) is 18.5. The molecule has 3 aliphatic heterocycles. The molecule has 0 radical (unpaired) electrons. The number of halogens is 1. The quantitative estimate of drug-likeness (QED) is 0.0935. The SMILES string of the molecule is CCn1c(C(=O)OCC2=C(C(=O)[O-])N3C(=O)[C@@H](NC(=O)COc4ccccc4)[C@H]3SC2)cc(=O)c2cc(F)c(N3CCN(C=O)CC3)cc21.[Na+]. The molecule has 2 atom stereocenters. The van der Waals surface area contributed by atoms with Crippen LogP contribution >= 0.6 is 11.8 Å². The number of carboxylic acids is 1.